The Morgan fingerprint density at radius 3 is 2.55 bits per heavy atom. The van der Waals surface area contributed by atoms with Crippen LogP contribution in [0.2, 0.25) is 0 Å². The summed E-state index contributed by atoms with van der Waals surface area (Å²) in [6, 6.07) is 3.99. The molecule has 0 aliphatic rings. The summed E-state index contributed by atoms with van der Waals surface area (Å²) in [6.07, 6.45) is 8.88. The number of rotatable bonds is 10. The second kappa shape index (κ2) is 9.26. The minimum atomic E-state index is 0.617. The number of hydrogen-bond donors (Lipinski definition) is 1. The number of hydrogen-bond acceptors (Lipinski definition) is 7. The Hall–Kier alpha value is -3.26. The second-order valence-corrected chi connectivity index (χ2v) is 7.43. The number of fused-ring (bicyclic) bond motifs is 2. The van der Waals surface area contributed by atoms with Gasteiger partial charge >= 0.3 is 5.71 Å². The predicted octanol–water partition coefficient (Wildman–Crippen LogP) is 2.84. The van der Waals surface area contributed by atoms with Crippen molar-refractivity contribution in [1.82, 2.24) is 10.3 Å². The second-order valence-electron chi connectivity index (χ2n) is 7.43. The molecule has 8 heteroatoms. The molecule has 164 valence electrons. The van der Waals surface area contributed by atoms with Gasteiger partial charge in [-0.2, -0.15) is 5.01 Å². The summed E-state index contributed by atoms with van der Waals surface area (Å²) in [7, 11) is 5.35. The Kier molecular flexibility index (Phi) is 6.27. The van der Waals surface area contributed by atoms with Gasteiger partial charge in [-0.3, -0.25) is 0 Å². The average molecular weight is 426 g/mol. The van der Waals surface area contributed by atoms with Gasteiger partial charge in [0.25, 0.3) is 0 Å². The van der Waals surface area contributed by atoms with E-state index in [-0.39, 0.29) is 0 Å². The SMILES string of the molecule is CCNCCc1coc2c1cc(OC)c[n+]2N(C)CCc1coc2ncc(OC)cc12. The van der Waals surface area contributed by atoms with Gasteiger partial charge in [0.1, 0.15) is 17.4 Å². The molecular weight excluding hydrogens is 396 g/mol. The van der Waals surface area contributed by atoms with Gasteiger partial charge in [0, 0.05) is 22.6 Å². The molecule has 4 heterocycles. The Labute approximate surface area is 181 Å². The first-order valence-electron chi connectivity index (χ1n) is 10.5. The van der Waals surface area contributed by atoms with Crippen molar-refractivity contribution in [3.8, 4) is 11.5 Å². The molecule has 0 fully saturated rings. The van der Waals surface area contributed by atoms with Crippen LogP contribution in [0, 0.1) is 0 Å². The molecular formula is C23H29N4O4+. The summed E-state index contributed by atoms with van der Waals surface area (Å²) in [6.45, 7) is 4.70. The molecule has 0 radical (unpaired) electrons. The van der Waals surface area contributed by atoms with Crippen LogP contribution in [-0.4, -0.2) is 45.9 Å². The van der Waals surface area contributed by atoms with E-state index in [1.165, 1.54) is 0 Å². The van der Waals surface area contributed by atoms with Crippen LogP contribution in [0.5, 0.6) is 11.5 Å². The van der Waals surface area contributed by atoms with Crippen LogP contribution in [0.15, 0.2) is 45.9 Å². The predicted molar refractivity (Wildman–Crippen MR) is 118 cm³/mol. The molecule has 0 amide bonds. The summed E-state index contributed by atoms with van der Waals surface area (Å²) >= 11 is 0. The molecule has 1 N–H and O–H groups in total. The lowest BCUT2D eigenvalue weighted by Gasteiger charge is -2.13. The van der Waals surface area contributed by atoms with Crippen molar-refractivity contribution >= 4 is 22.2 Å². The first-order valence-corrected chi connectivity index (χ1v) is 10.5. The maximum absolute atomic E-state index is 5.96. The highest BCUT2D eigenvalue weighted by molar-refractivity contribution is 5.79. The lowest BCUT2D eigenvalue weighted by molar-refractivity contribution is -0.671. The van der Waals surface area contributed by atoms with Crippen molar-refractivity contribution in [2.75, 3.05) is 45.9 Å². The number of furan rings is 2. The maximum Gasteiger partial charge on any atom is 0.409 e. The number of aromatic nitrogens is 2. The topological polar surface area (TPSA) is 76.8 Å². The highest BCUT2D eigenvalue weighted by Gasteiger charge is 2.23. The van der Waals surface area contributed by atoms with Crippen molar-refractivity contribution in [1.29, 1.82) is 0 Å². The number of pyridine rings is 2. The molecule has 4 aromatic heterocycles. The third-order valence-electron chi connectivity index (χ3n) is 5.48. The van der Waals surface area contributed by atoms with Crippen LogP contribution in [-0.2, 0) is 12.8 Å². The zero-order valence-corrected chi connectivity index (χ0v) is 18.5. The smallest absolute Gasteiger partial charge is 0.409 e. The minimum absolute atomic E-state index is 0.617. The third kappa shape index (κ3) is 4.29. The van der Waals surface area contributed by atoms with E-state index in [9.17, 15) is 0 Å². The summed E-state index contributed by atoms with van der Waals surface area (Å²) < 4.78 is 24.4. The van der Waals surface area contributed by atoms with Crippen LogP contribution in [0.1, 0.15) is 18.1 Å². The number of nitrogens with zero attached hydrogens (tertiary/aromatic N) is 3. The summed E-state index contributed by atoms with van der Waals surface area (Å²) in [5.74, 6) is 1.50. The standard InChI is InChI=1S/C23H29N4O4/c1-5-24-8-6-16-15-31-23-21(16)11-19(29-4)13-27(23)26(2)9-7-17-14-30-22-20(17)10-18(28-3)12-25-22/h10-15,24H,5-9H2,1-4H3/q+1. The molecule has 8 nitrogen and oxygen atoms in total. The van der Waals surface area contributed by atoms with Crippen LogP contribution >= 0.6 is 0 Å². The van der Waals surface area contributed by atoms with Gasteiger partial charge in [0.15, 0.2) is 5.75 Å². The van der Waals surface area contributed by atoms with Crippen LogP contribution in [0.4, 0.5) is 0 Å². The Balaban J connectivity index is 1.58. The fourth-order valence-corrected chi connectivity index (χ4v) is 3.68. The third-order valence-corrected chi connectivity index (χ3v) is 5.48. The fraction of sp³-hybridized carbons (Fsp3) is 0.391. The van der Waals surface area contributed by atoms with E-state index < -0.39 is 0 Å². The molecule has 31 heavy (non-hydrogen) atoms. The molecule has 0 saturated carbocycles. The molecule has 0 aliphatic carbocycles. The van der Waals surface area contributed by atoms with Gasteiger partial charge in [-0.05, 0) is 36.7 Å². The Bertz CT molecular complexity index is 1170. The van der Waals surface area contributed by atoms with E-state index in [1.54, 1.807) is 26.7 Å². The molecule has 0 bridgehead atoms. The molecule has 0 aliphatic heterocycles. The molecule has 4 aromatic rings. The highest BCUT2D eigenvalue weighted by Crippen LogP contribution is 2.25. The van der Waals surface area contributed by atoms with Crippen LogP contribution in [0.25, 0.3) is 22.2 Å². The van der Waals surface area contributed by atoms with Gasteiger partial charge in [-0.25, -0.2) is 4.98 Å². The largest absolute Gasteiger partial charge is 0.495 e. The minimum Gasteiger partial charge on any atom is -0.495 e. The lowest BCUT2D eigenvalue weighted by Crippen LogP contribution is -2.56. The van der Waals surface area contributed by atoms with Gasteiger partial charge < -0.3 is 23.6 Å². The van der Waals surface area contributed by atoms with E-state index in [0.29, 0.717) is 11.5 Å². The molecule has 0 atom stereocenters. The lowest BCUT2D eigenvalue weighted by atomic mass is 10.1. The van der Waals surface area contributed by atoms with E-state index in [0.717, 1.165) is 65.8 Å². The molecule has 0 spiro atoms. The Morgan fingerprint density at radius 1 is 1.03 bits per heavy atom. The fourth-order valence-electron chi connectivity index (χ4n) is 3.68. The van der Waals surface area contributed by atoms with E-state index in [1.807, 2.05) is 36.3 Å². The quantitative estimate of drug-likeness (QED) is 0.309. The van der Waals surface area contributed by atoms with Crippen LogP contribution < -0.4 is 24.5 Å². The summed E-state index contributed by atoms with van der Waals surface area (Å²) in [5, 5.41) is 7.50. The molecule has 4 rings (SSSR count). The van der Waals surface area contributed by atoms with Crippen LogP contribution in [0.3, 0.4) is 0 Å². The van der Waals surface area contributed by atoms with E-state index in [4.69, 9.17) is 18.3 Å². The first-order chi connectivity index (χ1) is 15.1. The first kappa shape index (κ1) is 21.0. The number of methoxy groups -OCH3 is 2. The Morgan fingerprint density at radius 2 is 1.77 bits per heavy atom. The molecule has 0 aromatic carbocycles. The van der Waals surface area contributed by atoms with Crippen molar-refractivity contribution in [3.63, 3.8) is 0 Å². The molecule has 0 saturated heterocycles. The zero-order chi connectivity index (χ0) is 21.8. The van der Waals surface area contributed by atoms with Crippen molar-refractivity contribution < 1.29 is 23.0 Å². The summed E-state index contributed by atoms with van der Waals surface area (Å²) in [5.41, 5.74) is 3.66. The van der Waals surface area contributed by atoms with Crippen molar-refractivity contribution in [3.05, 3.63) is 48.2 Å². The monoisotopic (exact) mass is 425 g/mol. The number of nitrogens with one attached hydrogen (secondary N) is 1. The van der Waals surface area contributed by atoms with Gasteiger partial charge in [0.05, 0.1) is 40.3 Å². The van der Waals surface area contributed by atoms with Gasteiger partial charge in [-0.1, -0.05) is 6.92 Å². The van der Waals surface area contributed by atoms with E-state index >= 15 is 0 Å². The van der Waals surface area contributed by atoms with Gasteiger partial charge in [-0.15, -0.1) is 0 Å². The van der Waals surface area contributed by atoms with Crippen molar-refractivity contribution in [2.45, 2.75) is 19.8 Å². The highest BCUT2D eigenvalue weighted by atomic mass is 16.5. The van der Waals surface area contributed by atoms with Gasteiger partial charge in [0.2, 0.25) is 11.9 Å². The van der Waals surface area contributed by atoms with Crippen molar-refractivity contribution in [2.24, 2.45) is 0 Å². The summed E-state index contributed by atoms with van der Waals surface area (Å²) in [4.78, 5) is 4.31. The zero-order valence-electron chi connectivity index (χ0n) is 18.5. The van der Waals surface area contributed by atoms with E-state index in [2.05, 4.69) is 22.2 Å². The average Bonchev–Trinajstić information content (AvgIpc) is 3.40. The number of likely N-dealkylation sites (N-methyl/N-ethyl adjacent to an activating group) is 2. The normalized spacial score (nSPS) is 11.4. The molecule has 0 unspecified atom stereocenters. The maximum atomic E-state index is 5.96. The number of ether oxygens (including phenoxy) is 2.